The van der Waals surface area contributed by atoms with Gasteiger partial charge in [-0.25, -0.2) is 14.8 Å². The Kier molecular flexibility index (Phi) is 2.67. The maximum Gasteiger partial charge on any atom is 0.343 e. The molecule has 2 N–H and O–H groups in total. The van der Waals surface area contributed by atoms with Crippen LogP contribution in [0.2, 0.25) is 0 Å². The van der Waals surface area contributed by atoms with Crippen molar-refractivity contribution in [1.29, 1.82) is 0 Å². The molecule has 0 aliphatic carbocycles. The van der Waals surface area contributed by atoms with E-state index in [0.717, 1.165) is 29.1 Å². The number of hydrogen-bond acceptors (Lipinski definition) is 5. The summed E-state index contributed by atoms with van der Waals surface area (Å²) < 4.78 is 0. The molecule has 0 amide bonds. The molecule has 0 saturated heterocycles. The molecular formula is C11H10N4O2S. The molecule has 2 aromatic rings. The van der Waals surface area contributed by atoms with Crippen LogP contribution >= 0.6 is 11.8 Å². The Morgan fingerprint density at radius 1 is 1.50 bits per heavy atom. The summed E-state index contributed by atoms with van der Waals surface area (Å²) in [5.74, 6) is 0.568. The zero-order valence-electron chi connectivity index (χ0n) is 9.33. The van der Waals surface area contributed by atoms with Gasteiger partial charge in [0.25, 0.3) is 0 Å². The number of anilines is 1. The summed E-state index contributed by atoms with van der Waals surface area (Å²) in [5.41, 5.74) is 0.753. The topological polar surface area (TPSA) is 82.1 Å². The van der Waals surface area contributed by atoms with Gasteiger partial charge in [-0.05, 0) is 6.07 Å². The monoisotopic (exact) mass is 262 g/mol. The molecule has 0 spiro atoms. The van der Waals surface area contributed by atoms with Gasteiger partial charge in [0.1, 0.15) is 22.7 Å². The average molecular weight is 262 g/mol. The van der Waals surface area contributed by atoms with E-state index in [1.165, 1.54) is 18.1 Å². The Balaban J connectivity index is 2.06. The average Bonchev–Trinajstić information content (AvgIpc) is 2.87. The number of carbonyl (C=O) groups is 1. The normalized spacial score (nSPS) is 15.8. The van der Waals surface area contributed by atoms with Crippen LogP contribution < -0.4 is 4.90 Å². The number of fused-ring (bicyclic) bond motifs is 1. The van der Waals surface area contributed by atoms with Crippen molar-refractivity contribution >= 4 is 34.6 Å². The lowest BCUT2D eigenvalue weighted by Crippen LogP contribution is -2.26. The minimum atomic E-state index is -0.899. The van der Waals surface area contributed by atoms with Crippen molar-refractivity contribution in [2.24, 2.45) is 0 Å². The van der Waals surface area contributed by atoms with Gasteiger partial charge in [-0.2, -0.15) is 0 Å². The van der Waals surface area contributed by atoms with Crippen LogP contribution in [0.25, 0.3) is 11.0 Å². The van der Waals surface area contributed by atoms with E-state index in [2.05, 4.69) is 15.0 Å². The third-order valence-corrected chi connectivity index (χ3v) is 3.66. The molecule has 2 aromatic heterocycles. The predicted octanol–water partition coefficient (Wildman–Crippen LogP) is 1.44. The minimum Gasteiger partial charge on any atom is -0.477 e. The molecule has 3 rings (SSSR count). The van der Waals surface area contributed by atoms with Gasteiger partial charge in [-0.15, -0.1) is 11.8 Å². The number of carboxylic acids is 1. The van der Waals surface area contributed by atoms with Gasteiger partial charge in [0.2, 0.25) is 0 Å². The molecule has 18 heavy (non-hydrogen) atoms. The highest BCUT2D eigenvalue weighted by molar-refractivity contribution is 8.04. The molecule has 0 bridgehead atoms. The van der Waals surface area contributed by atoms with Crippen molar-refractivity contribution in [1.82, 2.24) is 15.0 Å². The smallest absolute Gasteiger partial charge is 0.343 e. The van der Waals surface area contributed by atoms with E-state index in [-0.39, 0.29) is 0 Å². The highest BCUT2D eigenvalue weighted by Crippen LogP contribution is 2.28. The first-order valence-electron chi connectivity index (χ1n) is 5.38. The summed E-state index contributed by atoms with van der Waals surface area (Å²) in [6, 6.07) is 1.89. The molecule has 0 unspecified atom stereocenters. The van der Waals surface area contributed by atoms with Crippen LogP contribution in [0.1, 0.15) is 0 Å². The van der Waals surface area contributed by atoms with Gasteiger partial charge in [-0.3, -0.25) is 0 Å². The van der Waals surface area contributed by atoms with E-state index in [0.29, 0.717) is 4.91 Å². The largest absolute Gasteiger partial charge is 0.477 e. The first-order valence-corrected chi connectivity index (χ1v) is 6.37. The summed E-state index contributed by atoms with van der Waals surface area (Å²) in [4.78, 5) is 24.6. The Bertz CT molecular complexity index is 637. The highest BCUT2D eigenvalue weighted by atomic mass is 32.2. The maximum absolute atomic E-state index is 11.0. The molecule has 0 fully saturated rings. The fraction of sp³-hybridized carbons (Fsp3) is 0.182. The number of aromatic nitrogens is 3. The maximum atomic E-state index is 11.0. The fourth-order valence-corrected chi connectivity index (χ4v) is 2.70. The molecule has 3 heterocycles. The molecule has 1 aliphatic rings. The number of aliphatic carboxylic acids is 1. The van der Waals surface area contributed by atoms with Gasteiger partial charge >= 0.3 is 5.97 Å². The van der Waals surface area contributed by atoms with Crippen LogP contribution in [0.15, 0.2) is 29.7 Å². The molecule has 0 saturated carbocycles. The zero-order chi connectivity index (χ0) is 12.5. The lowest BCUT2D eigenvalue weighted by molar-refractivity contribution is -0.131. The Morgan fingerprint density at radius 3 is 3.22 bits per heavy atom. The summed E-state index contributed by atoms with van der Waals surface area (Å²) in [6.45, 7) is 0.735. The molecule has 92 valence electrons. The molecule has 1 aliphatic heterocycles. The van der Waals surface area contributed by atoms with Gasteiger partial charge in [0.05, 0.1) is 5.39 Å². The van der Waals surface area contributed by atoms with E-state index in [4.69, 9.17) is 5.11 Å². The predicted molar refractivity (Wildman–Crippen MR) is 69.4 cm³/mol. The van der Waals surface area contributed by atoms with Crippen molar-refractivity contribution in [3.8, 4) is 0 Å². The standard InChI is InChI=1S/C11H10N4O2S/c16-11(17)8-5-15(3-4-18-8)10-7-1-2-12-9(7)13-6-14-10/h1-2,5-6H,3-4H2,(H,16,17)(H,12,13,14). The van der Waals surface area contributed by atoms with Gasteiger partial charge in [-0.1, -0.05) is 0 Å². The number of H-pyrrole nitrogens is 1. The first kappa shape index (κ1) is 11.1. The summed E-state index contributed by atoms with van der Waals surface area (Å²) >= 11 is 1.35. The number of aromatic amines is 1. The Hall–Kier alpha value is -2.02. The van der Waals surface area contributed by atoms with Gasteiger partial charge < -0.3 is 15.0 Å². The second kappa shape index (κ2) is 4.34. The second-order valence-electron chi connectivity index (χ2n) is 3.78. The molecule has 0 atom stereocenters. The number of nitrogens with one attached hydrogen (secondary N) is 1. The number of nitrogens with zero attached hydrogens (tertiary/aromatic N) is 3. The second-order valence-corrected chi connectivity index (χ2v) is 4.91. The minimum absolute atomic E-state index is 0.337. The quantitative estimate of drug-likeness (QED) is 0.852. The van der Waals surface area contributed by atoms with E-state index in [9.17, 15) is 4.79 Å². The van der Waals surface area contributed by atoms with E-state index >= 15 is 0 Å². The lowest BCUT2D eigenvalue weighted by Gasteiger charge is -2.24. The molecular weight excluding hydrogens is 252 g/mol. The van der Waals surface area contributed by atoms with Crippen molar-refractivity contribution in [3.05, 3.63) is 29.7 Å². The summed E-state index contributed by atoms with van der Waals surface area (Å²) in [6.07, 6.45) is 4.90. The molecule has 0 radical (unpaired) electrons. The fourth-order valence-electron chi connectivity index (χ4n) is 1.87. The summed E-state index contributed by atoms with van der Waals surface area (Å²) in [5, 5.41) is 9.92. The molecule has 7 heteroatoms. The number of rotatable bonds is 2. The van der Waals surface area contributed by atoms with Crippen molar-refractivity contribution in [2.45, 2.75) is 0 Å². The Labute approximate surface area is 107 Å². The third kappa shape index (κ3) is 1.82. The lowest BCUT2D eigenvalue weighted by atomic mass is 10.3. The molecule has 0 aromatic carbocycles. The van der Waals surface area contributed by atoms with Crippen molar-refractivity contribution < 1.29 is 9.90 Å². The van der Waals surface area contributed by atoms with Gasteiger partial charge in [0, 0.05) is 24.7 Å². The van der Waals surface area contributed by atoms with Crippen molar-refractivity contribution in [2.75, 3.05) is 17.2 Å². The molecule has 6 nitrogen and oxygen atoms in total. The van der Waals surface area contributed by atoms with Crippen molar-refractivity contribution in [3.63, 3.8) is 0 Å². The van der Waals surface area contributed by atoms with Crippen LogP contribution in [0, 0.1) is 0 Å². The van der Waals surface area contributed by atoms with Crippen LogP contribution in [0.4, 0.5) is 5.82 Å². The van der Waals surface area contributed by atoms with E-state index in [1.807, 2.05) is 11.0 Å². The SMILES string of the molecule is O=C(O)C1=CN(c2ncnc3[nH]ccc23)CCS1. The Morgan fingerprint density at radius 2 is 2.39 bits per heavy atom. The zero-order valence-corrected chi connectivity index (χ0v) is 10.1. The van der Waals surface area contributed by atoms with Crippen LogP contribution in [0.5, 0.6) is 0 Å². The first-order chi connectivity index (χ1) is 8.75. The van der Waals surface area contributed by atoms with E-state index < -0.39 is 5.97 Å². The van der Waals surface area contributed by atoms with Crippen LogP contribution in [0.3, 0.4) is 0 Å². The van der Waals surface area contributed by atoms with Crippen LogP contribution in [-0.4, -0.2) is 38.3 Å². The van der Waals surface area contributed by atoms with Crippen LogP contribution in [-0.2, 0) is 4.79 Å². The van der Waals surface area contributed by atoms with Gasteiger partial charge in [0.15, 0.2) is 0 Å². The third-order valence-electron chi connectivity index (χ3n) is 2.68. The number of thioether (sulfide) groups is 1. The number of carboxylic acid groups (broad SMARTS) is 1. The number of hydrogen-bond donors (Lipinski definition) is 2. The van der Waals surface area contributed by atoms with E-state index in [1.54, 1.807) is 12.4 Å². The highest BCUT2D eigenvalue weighted by Gasteiger charge is 2.19. The summed E-state index contributed by atoms with van der Waals surface area (Å²) in [7, 11) is 0.